The van der Waals surface area contributed by atoms with Gasteiger partial charge >= 0.3 is 18.0 Å². The van der Waals surface area contributed by atoms with Gasteiger partial charge < -0.3 is 34.9 Å². The maximum atomic E-state index is 14.1. The van der Waals surface area contributed by atoms with Gasteiger partial charge in [-0.3, -0.25) is 19.4 Å². The first-order valence-electron chi connectivity index (χ1n) is 14.5. The van der Waals surface area contributed by atoms with Crippen LogP contribution in [-0.4, -0.2) is 94.7 Å². The third-order valence-corrected chi connectivity index (χ3v) is 7.90. The van der Waals surface area contributed by atoms with Crippen molar-refractivity contribution in [3.05, 3.63) is 35.0 Å². The van der Waals surface area contributed by atoms with Gasteiger partial charge in [0.05, 0.1) is 30.3 Å². The van der Waals surface area contributed by atoms with Crippen LogP contribution >= 0.6 is 0 Å². The molecule has 1 aromatic heterocycles. The standard InChI is InChI=1S/C30H38N4O9/c1-4-41-22(35)10-9-20(27(37)33-13-15-34(16-14-33)29(40)42-5-2)24-23(26(31)36)25(43-30(28(38)39)11-6-12-30)19-8-7-18(3)17-21(19)32-24/h7-8,17,20H,4-6,9-16H2,1-3H3,(H2,31,36)(H,38,39). The van der Waals surface area contributed by atoms with Gasteiger partial charge in [-0.2, -0.15) is 0 Å². The highest BCUT2D eigenvalue weighted by molar-refractivity contribution is 6.05. The molecular formula is C30H38N4O9. The van der Waals surface area contributed by atoms with Crippen molar-refractivity contribution in [2.24, 2.45) is 5.73 Å². The Morgan fingerprint density at radius 2 is 1.67 bits per heavy atom. The molecule has 13 heteroatoms. The maximum absolute atomic E-state index is 14.1. The highest BCUT2D eigenvalue weighted by atomic mass is 16.6. The van der Waals surface area contributed by atoms with Crippen LogP contribution < -0.4 is 10.5 Å². The van der Waals surface area contributed by atoms with E-state index in [0.29, 0.717) is 17.3 Å². The van der Waals surface area contributed by atoms with E-state index in [0.717, 1.165) is 5.56 Å². The fraction of sp³-hybridized carbons (Fsp3) is 0.533. The van der Waals surface area contributed by atoms with Crippen LogP contribution in [0.25, 0.3) is 10.9 Å². The van der Waals surface area contributed by atoms with Crippen LogP contribution in [0.5, 0.6) is 5.75 Å². The fourth-order valence-electron chi connectivity index (χ4n) is 5.43. The van der Waals surface area contributed by atoms with Crippen LogP contribution in [0.1, 0.15) is 73.5 Å². The summed E-state index contributed by atoms with van der Waals surface area (Å²) in [6.45, 7) is 6.46. The summed E-state index contributed by atoms with van der Waals surface area (Å²) >= 11 is 0. The minimum absolute atomic E-state index is 0.00239. The molecule has 1 aromatic carbocycles. The number of aromatic nitrogens is 1. The molecule has 0 radical (unpaired) electrons. The molecule has 3 amide bonds. The number of piperazine rings is 1. The Morgan fingerprint density at radius 1 is 1.02 bits per heavy atom. The second-order valence-corrected chi connectivity index (χ2v) is 10.7. The predicted molar refractivity (Wildman–Crippen MR) is 154 cm³/mol. The minimum Gasteiger partial charge on any atom is -0.478 e. The highest BCUT2D eigenvalue weighted by Crippen LogP contribution is 2.43. The van der Waals surface area contributed by atoms with Gasteiger partial charge in [-0.25, -0.2) is 9.59 Å². The lowest BCUT2D eigenvalue weighted by Crippen LogP contribution is -2.52. The monoisotopic (exact) mass is 598 g/mol. The maximum Gasteiger partial charge on any atom is 0.409 e. The van der Waals surface area contributed by atoms with Crippen LogP contribution in [-0.2, 0) is 23.9 Å². The second kappa shape index (κ2) is 13.3. The first kappa shape index (κ1) is 31.5. The number of carboxylic acid groups (broad SMARTS) is 1. The Labute approximate surface area is 249 Å². The zero-order valence-corrected chi connectivity index (χ0v) is 24.7. The summed E-state index contributed by atoms with van der Waals surface area (Å²) in [5.41, 5.74) is 5.39. The number of primary amides is 1. The number of nitrogens with zero attached hydrogens (tertiary/aromatic N) is 3. The number of aryl methyl sites for hydroxylation is 1. The fourth-order valence-corrected chi connectivity index (χ4v) is 5.43. The predicted octanol–water partition coefficient (Wildman–Crippen LogP) is 2.76. The van der Waals surface area contributed by atoms with E-state index in [9.17, 15) is 29.1 Å². The number of esters is 1. The molecule has 1 aliphatic carbocycles. The van der Waals surface area contributed by atoms with E-state index in [1.807, 2.05) is 6.92 Å². The van der Waals surface area contributed by atoms with Gasteiger partial charge in [-0.1, -0.05) is 6.07 Å². The quantitative estimate of drug-likeness (QED) is 0.365. The Kier molecular flexibility index (Phi) is 9.72. The molecule has 2 aliphatic rings. The molecule has 13 nitrogen and oxygen atoms in total. The van der Waals surface area contributed by atoms with Crippen LogP contribution in [0.4, 0.5) is 4.79 Å². The van der Waals surface area contributed by atoms with Crippen molar-refractivity contribution in [3.63, 3.8) is 0 Å². The van der Waals surface area contributed by atoms with E-state index in [1.165, 1.54) is 4.90 Å². The number of aliphatic carboxylic acids is 1. The van der Waals surface area contributed by atoms with Gasteiger partial charge in [0.25, 0.3) is 5.91 Å². The Balaban J connectivity index is 1.81. The summed E-state index contributed by atoms with van der Waals surface area (Å²) in [5.74, 6) is -4.22. The van der Waals surface area contributed by atoms with E-state index >= 15 is 0 Å². The van der Waals surface area contributed by atoms with Crippen molar-refractivity contribution < 1.29 is 43.3 Å². The number of rotatable bonds is 11. The Bertz CT molecular complexity index is 1410. The lowest BCUT2D eigenvalue weighted by molar-refractivity contribution is -0.163. The molecule has 1 atom stereocenters. The summed E-state index contributed by atoms with van der Waals surface area (Å²) in [6.07, 6.45) is 0.438. The van der Waals surface area contributed by atoms with Crippen LogP contribution in [0.2, 0.25) is 0 Å². The largest absolute Gasteiger partial charge is 0.478 e. The van der Waals surface area contributed by atoms with Crippen LogP contribution in [0, 0.1) is 6.92 Å². The molecule has 0 bridgehead atoms. The number of amides is 3. The lowest BCUT2D eigenvalue weighted by atomic mass is 9.80. The topological polar surface area (TPSA) is 179 Å². The number of nitrogens with two attached hydrogens (primary N) is 1. The molecule has 1 aliphatic heterocycles. The average molecular weight is 599 g/mol. The van der Waals surface area contributed by atoms with Gasteiger partial charge in [0.15, 0.2) is 0 Å². The van der Waals surface area contributed by atoms with E-state index in [2.05, 4.69) is 0 Å². The molecule has 1 saturated heterocycles. The number of fused-ring (bicyclic) bond motifs is 1. The van der Waals surface area contributed by atoms with E-state index < -0.39 is 41.4 Å². The number of carbonyl (C=O) groups excluding carboxylic acids is 4. The SMILES string of the molecule is CCOC(=O)CCC(C(=O)N1CCN(C(=O)OCC)CC1)c1nc2cc(C)ccc2c(OC2(C(=O)O)CCC2)c1C(N)=O. The van der Waals surface area contributed by atoms with E-state index in [1.54, 1.807) is 36.9 Å². The Morgan fingerprint density at radius 3 is 2.23 bits per heavy atom. The first-order valence-corrected chi connectivity index (χ1v) is 14.5. The molecular weight excluding hydrogens is 560 g/mol. The molecule has 1 unspecified atom stereocenters. The van der Waals surface area contributed by atoms with Crippen molar-refractivity contribution >= 4 is 40.7 Å². The summed E-state index contributed by atoms with van der Waals surface area (Å²) in [5, 5.41) is 10.4. The van der Waals surface area contributed by atoms with Gasteiger partial charge in [0, 0.05) is 38.0 Å². The number of hydrogen-bond donors (Lipinski definition) is 2. The molecule has 1 saturated carbocycles. The summed E-state index contributed by atoms with van der Waals surface area (Å²) in [6, 6.07) is 5.21. The first-order chi connectivity index (χ1) is 20.5. The van der Waals surface area contributed by atoms with Gasteiger partial charge in [0.1, 0.15) is 11.3 Å². The van der Waals surface area contributed by atoms with E-state index in [-0.39, 0.29) is 82.1 Å². The van der Waals surface area contributed by atoms with Crippen molar-refractivity contribution in [1.29, 1.82) is 0 Å². The molecule has 2 heterocycles. The number of hydrogen-bond acceptors (Lipinski definition) is 9. The molecule has 3 N–H and O–H groups in total. The minimum atomic E-state index is -1.55. The number of carboxylic acids is 1. The summed E-state index contributed by atoms with van der Waals surface area (Å²) < 4.78 is 16.3. The number of ether oxygens (including phenoxy) is 3. The summed E-state index contributed by atoms with van der Waals surface area (Å²) in [7, 11) is 0. The van der Waals surface area contributed by atoms with Gasteiger partial charge in [-0.15, -0.1) is 0 Å². The van der Waals surface area contributed by atoms with Gasteiger partial charge in [-0.05, 0) is 64.2 Å². The molecule has 232 valence electrons. The zero-order chi connectivity index (χ0) is 31.3. The van der Waals surface area contributed by atoms with E-state index in [4.69, 9.17) is 24.9 Å². The third-order valence-electron chi connectivity index (χ3n) is 7.90. The normalized spacial score (nSPS) is 16.6. The zero-order valence-electron chi connectivity index (χ0n) is 24.7. The lowest BCUT2D eigenvalue weighted by Gasteiger charge is -2.39. The second-order valence-electron chi connectivity index (χ2n) is 10.7. The average Bonchev–Trinajstić information content (AvgIpc) is 2.94. The number of pyridine rings is 1. The Hall–Kier alpha value is -4.42. The molecule has 2 aromatic rings. The van der Waals surface area contributed by atoms with Crippen LogP contribution in [0.15, 0.2) is 18.2 Å². The molecule has 43 heavy (non-hydrogen) atoms. The number of benzene rings is 1. The van der Waals surface area contributed by atoms with Crippen molar-refractivity contribution in [2.45, 2.75) is 64.4 Å². The summed E-state index contributed by atoms with van der Waals surface area (Å²) in [4.78, 5) is 71.9. The third kappa shape index (κ3) is 6.65. The molecule has 0 spiro atoms. The van der Waals surface area contributed by atoms with Gasteiger partial charge in [0.2, 0.25) is 11.5 Å². The molecule has 2 fully saturated rings. The van der Waals surface area contributed by atoms with Crippen LogP contribution in [0.3, 0.4) is 0 Å². The molecule has 4 rings (SSSR count). The van der Waals surface area contributed by atoms with Crippen molar-refractivity contribution in [2.75, 3.05) is 39.4 Å². The highest BCUT2D eigenvalue weighted by Gasteiger charge is 2.48. The number of carbonyl (C=O) groups is 5. The smallest absolute Gasteiger partial charge is 0.409 e. The van der Waals surface area contributed by atoms with Crippen molar-refractivity contribution in [3.8, 4) is 5.75 Å². The van der Waals surface area contributed by atoms with Crippen molar-refractivity contribution in [1.82, 2.24) is 14.8 Å².